The van der Waals surface area contributed by atoms with Crippen LogP contribution in [0.15, 0.2) is 42.5 Å². The molecule has 0 spiro atoms. The van der Waals surface area contributed by atoms with Crippen LogP contribution in [0.3, 0.4) is 0 Å². The van der Waals surface area contributed by atoms with Gasteiger partial charge in [0.1, 0.15) is 0 Å². The van der Waals surface area contributed by atoms with E-state index in [-0.39, 0.29) is 12.5 Å². The van der Waals surface area contributed by atoms with Crippen molar-refractivity contribution in [2.45, 2.75) is 6.54 Å². The van der Waals surface area contributed by atoms with Gasteiger partial charge in [0.15, 0.2) is 0 Å². The molecule has 3 nitrogen and oxygen atoms in total. The van der Waals surface area contributed by atoms with Gasteiger partial charge in [-0.3, -0.25) is 4.79 Å². The summed E-state index contributed by atoms with van der Waals surface area (Å²) in [6, 6.07) is 14.4. The van der Waals surface area contributed by atoms with E-state index in [1.165, 1.54) is 23.4 Å². The van der Waals surface area contributed by atoms with Gasteiger partial charge in [-0.2, -0.15) is 0 Å². The molecule has 1 N–H and O–H groups in total. The number of esters is 1. The SMILES string of the molecule is COC(=O)CNCc1cccc2ccccc12. The topological polar surface area (TPSA) is 38.3 Å². The number of benzene rings is 2. The minimum absolute atomic E-state index is 0.236. The summed E-state index contributed by atoms with van der Waals surface area (Å²) in [5.41, 5.74) is 1.19. The van der Waals surface area contributed by atoms with Crippen LogP contribution in [0.4, 0.5) is 0 Å². The fraction of sp³-hybridized carbons (Fsp3) is 0.214. The minimum atomic E-state index is -0.245. The highest BCUT2D eigenvalue weighted by Gasteiger charge is 2.02. The van der Waals surface area contributed by atoms with E-state index in [1.54, 1.807) is 0 Å². The summed E-state index contributed by atoms with van der Waals surface area (Å²) < 4.78 is 4.57. The van der Waals surface area contributed by atoms with E-state index >= 15 is 0 Å². The monoisotopic (exact) mass is 229 g/mol. The Morgan fingerprint density at radius 3 is 2.76 bits per heavy atom. The molecule has 0 bridgehead atoms. The van der Waals surface area contributed by atoms with Crippen molar-refractivity contribution in [1.82, 2.24) is 5.32 Å². The summed E-state index contributed by atoms with van der Waals surface area (Å²) >= 11 is 0. The molecule has 0 radical (unpaired) electrons. The third-order valence-corrected chi connectivity index (χ3v) is 2.69. The number of nitrogens with one attached hydrogen (secondary N) is 1. The molecule has 0 unspecified atom stereocenters. The van der Waals surface area contributed by atoms with Crippen molar-refractivity contribution in [3.8, 4) is 0 Å². The number of hydrogen-bond donors (Lipinski definition) is 1. The lowest BCUT2D eigenvalue weighted by molar-refractivity contribution is -0.139. The molecular weight excluding hydrogens is 214 g/mol. The molecule has 0 aliphatic rings. The van der Waals surface area contributed by atoms with E-state index in [0.717, 1.165) is 0 Å². The molecule has 0 aromatic heterocycles. The molecule has 0 aliphatic heterocycles. The lowest BCUT2D eigenvalue weighted by Crippen LogP contribution is -2.23. The Kier molecular flexibility index (Phi) is 3.73. The predicted octanol–water partition coefficient (Wildman–Crippen LogP) is 2.10. The maximum absolute atomic E-state index is 11.0. The summed E-state index contributed by atoms with van der Waals surface area (Å²) in [6.07, 6.45) is 0. The fourth-order valence-electron chi connectivity index (χ4n) is 1.82. The molecule has 2 aromatic rings. The highest BCUT2D eigenvalue weighted by molar-refractivity contribution is 5.85. The molecule has 2 rings (SSSR count). The van der Waals surface area contributed by atoms with Crippen molar-refractivity contribution >= 4 is 16.7 Å². The van der Waals surface area contributed by atoms with Crippen molar-refractivity contribution in [2.24, 2.45) is 0 Å². The Labute approximate surface area is 100 Å². The van der Waals surface area contributed by atoms with Crippen LogP contribution in [0.5, 0.6) is 0 Å². The van der Waals surface area contributed by atoms with Crippen LogP contribution in [0.2, 0.25) is 0 Å². The molecule has 0 atom stereocenters. The van der Waals surface area contributed by atoms with Crippen molar-refractivity contribution < 1.29 is 9.53 Å². The number of rotatable bonds is 4. The Morgan fingerprint density at radius 1 is 1.18 bits per heavy atom. The fourth-order valence-corrected chi connectivity index (χ4v) is 1.82. The molecule has 3 heteroatoms. The summed E-state index contributed by atoms with van der Waals surface area (Å²) in [6.45, 7) is 0.899. The largest absolute Gasteiger partial charge is 0.468 e. The predicted molar refractivity (Wildman–Crippen MR) is 67.7 cm³/mol. The summed E-state index contributed by atoms with van der Waals surface area (Å²) in [5, 5.41) is 5.50. The first-order valence-electron chi connectivity index (χ1n) is 5.55. The average molecular weight is 229 g/mol. The Hall–Kier alpha value is -1.87. The summed E-state index contributed by atoms with van der Waals surface area (Å²) in [4.78, 5) is 11.0. The molecule has 0 amide bonds. The molecule has 0 fully saturated rings. The standard InChI is InChI=1S/C14H15NO2/c1-17-14(16)10-15-9-12-7-4-6-11-5-2-3-8-13(11)12/h2-8,15H,9-10H2,1H3. The van der Waals surface area contributed by atoms with Crippen LogP contribution in [0, 0.1) is 0 Å². The first kappa shape index (κ1) is 11.6. The van der Waals surface area contributed by atoms with Gasteiger partial charge in [-0.05, 0) is 16.3 Å². The zero-order chi connectivity index (χ0) is 12.1. The second kappa shape index (κ2) is 5.46. The van der Waals surface area contributed by atoms with Crippen LogP contribution < -0.4 is 5.32 Å². The third-order valence-electron chi connectivity index (χ3n) is 2.69. The van der Waals surface area contributed by atoms with Gasteiger partial charge in [-0.15, -0.1) is 0 Å². The van der Waals surface area contributed by atoms with Gasteiger partial charge in [0.05, 0.1) is 13.7 Å². The molecule has 0 aliphatic carbocycles. The Bertz CT molecular complexity index is 517. The molecule has 0 heterocycles. The zero-order valence-electron chi connectivity index (χ0n) is 9.77. The van der Waals surface area contributed by atoms with E-state index in [1.807, 2.05) is 18.2 Å². The summed E-state index contributed by atoms with van der Waals surface area (Å²) in [5.74, 6) is -0.245. The van der Waals surface area contributed by atoms with E-state index in [2.05, 4.69) is 34.3 Å². The molecule has 0 saturated carbocycles. The van der Waals surface area contributed by atoms with E-state index in [9.17, 15) is 4.79 Å². The first-order chi connectivity index (χ1) is 8.31. The van der Waals surface area contributed by atoms with Gasteiger partial charge >= 0.3 is 5.97 Å². The average Bonchev–Trinajstić information content (AvgIpc) is 2.39. The number of ether oxygens (including phenoxy) is 1. The lowest BCUT2D eigenvalue weighted by Gasteiger charge is -2.07. The number of fused-ring (bicyclic) bond motifs is 1. The first-order valence-corrected chi connectivity index (χ1v) is 5.55. The highest BCUT2D eigenvalue weighted by atomic mass is 16.5. The molecular formula is C14H15NO2. The van der Waals surface area contributed by atoms with Gasteiger partial charge < -0.3 is 10.1 Å². The van der Waals surface area contributed by atoms with Crippen LogP contribution in [-0.4, -0.2) is 19.6 Å². The lowest BCUT2D eigenvalue weighted by atomic mass is 10.0. The van der Waals surface area contributed by atoms with E-state index in [4.69, 9.17) is 0 Å². The van der Waals surface area contributed by atoms with Crippen molar-refractivity contribution in [3.63, 3.8) is 0 Å². The van der Waals surface area contributed by atoms with Crippen LogP contribution >= 0.6 is 0 Å². The van der Waals surface area contributed by atoms with Gasteiger partial charge in [0.25, 0.3) is 0 Å². The molecule has 17 heavy (non-hydrogen) atoms. The van der Waals surface area contributed by atoms with Gasteiger partial charge in [-0.1, -0.05) is 42.5 Å². The minimum Gasteiger partial charge on any atom is -0.468 e. The second-order valence-electron chi connectivity index (χ2n) is 3.82. The van der Waals surface area contributed by atoms with Gasteiger partial charge in [0, 0.05) is 6.54 Å². The maximum atomic E-state index is 11.0. The van der Waals surface area contributed by atoms with E-state index < -0.39 is 0 Å². The van der Waals surface area contributed by atoms with Gasteiger partial charge in [-0.25, -0.2) is 0 Å². The third kappa shape index (κ3) is 2.82. The Balaban J connectivity index is 2.11. The zero-order valence-corrected chi connectivity index (χ0v) is 9.77. The molecule has 2 aromatic carbocycles. The van der Waals surface area contributed by atoms with Crippen molar-refractivity contribution in [2.75, 3.05) is 13.7 Å². The summed E-state index contributed by atoms with van der Waals surface area (Å²) in [7, 11) is 1.39. The molecule has 88 valence electrons. The Morgan fingerprint density at radius 2 is 1.94 bits per heavy atom. The number of carbonyl (C=O) groups is 1. The maximum Gasteiger partial charge on any atom is 0.319 e. The van der Waals surface area contributed by atoms with E-state index in [0.29, 0.717) is 6.54 Å². The normalized spacial score (nSPS) is 10.4. The second-order valence-corrected chi connectivity index (χ2v) is 3.82. The smallest absolute Gasteiger partial charge is 0.319 e. The van der Waals surface area contributed by atoms with Crippen LogP contribution in [-0.2, 0) is 16.1 Å². The highest BCUT2D eigenvalue weighted by Crippen LogP contribution is 2.17. The van der Waals surface area contributed by atoms with Crippen LogP contribution in [0.25, 0.3) is 10.8 Å². The number of methoxy groups -OCH3 is 1. The van der Waals surface area contributed by atoms with Crippen molar-refractivity contribution in [3.05, 3.63) is 48.0 Å². The quantitative estimate of drug-likeness (QED) is 0.816. The van der Waals surface area contributed by atoms with Crippen LogP contribution in [0.1, 0.15) is 5.56 Å². The molecule has 0 saturated heterocycles. The van der Waals surface area contributed by atoms with Crippen molar-refractivity contribution in [1.29, 1.82) is 0 Å². The number of carbonyl (C=O) groups excluding carboxylic acids is 1. The van der Waals surface area contributed by atoms with Gasteiger partial charge in [0.2, 0.25) is 0 Å². The number of hydrogen-bond acceptors (Lipinski definition) is 3.